The normalized spacial score (nSPS) is 33.2. The summed E-state index contributed by atoms with van der Waals surface area (Å²) >= 11 is 0. The van der Waals surface area contributed by atoms with Crippen LogP contribution >= 0.6 is 0 Å². The lowest BCUT2D eigenvalue weighted by Gasteiger charge is -2.39. The maximum atomic E-state index is 12.1. The summed E-state index contributed by atoms with van der Waals surface area (Å²) in [4.78, 5) is 12.1. The van der Waals surface area contributed by atoms with Gasteiger partial charge in [-0.15, -0.1) is 0 Å². The highest BCUT2D eigenvalue weighted by molar-refractivity contribution is 5.75. The molecule has 12 nitrogen and oxygen atoms in total. The maximum absolute atomic E-state index is 12.1. The minimum Gasteiger partial charge on any atom is -0.493 e. The molecule has 0 amide bonds. The van der Waals surface area contributed by atoms with Gasteiger partial charge < -0.3 is 53.2 Å². The molecule has 5 rings (SSSR count). The summed E-state index contributed by atoms with van der Waals surface area (Å²) in [5, 5.41) is 31.0. The summed E-state index contributed by atoms with van der Waals surface area (Å²) in [5.74, 6) is 1.02. The number of hydrogen-bond donors (Lipinski definition) is 3. The number of rotatable bonds is 8. The molecule has 3 aliphatic rings. The molecule has 2 aromatic rings. The zero-order valence-corrected chi connectivity index (χ0v) is 22.6. The number of hydrogen-bond acceptors (Lipinski definition) is 12. The van der Waals surface area contributed by atoms with Crippen LogP contribution in [0.15, 0.2) is 36.4 Å². The number of aliphatic hydroxyl groups is 3. The largest absolute Gasteiger partial charge is 0.493 e. The Labute approximate surface area is 231 Å². The van der Waals surface area contributed by atoms with E-state index >= 15 is 0 Å². The lowest BCUT2D eigenvalue weighted by Crippen LogP contribution is -2.61. The molecule has 3 aliphatic heterocycles. The molecule has 2 aromatic carbocycles. The van der Waals surface area contributed by atoms with E-state index in [2.05, 4.69) is 4.74 Å². The molecule has 0 radical (unpaired) electrons. The Hall–Kier alpha value is -3.13. The van der Waals surface area contributed by atoms with Crippen molar-refractivity contribution in [3.05, 3.63) is 47.5 Å². The van der Waals surface area contributed by atoms with E-state index in [-0.39, 0.29) is 29.8 Å². The number of fused-ring (bicyclic) bond motifs is 1. The van der Waals surface area contributed by atoms with Gasteiger partial charge in [0.1, 0.15) is 18.3 Å². The summed E-state index contributed by atoms with van der Waals surface area (Å²) in [6.07, 6.45) is -8.59. The number of carbonyl (C=O) groups excluding carboxylic acids is 1. The van der Waals surface area contributed by atoms with Crippen molar-refractivity contribution >= 4 is 5.97 Å². The van der Waals surface area contributed by atoms with Gasteiger partial charge in [0.25, 0.3) is 0 Å². The topological polar surface area (TPSA) is 152 Å². The van der Waals surface area contributed by atoms with E-state index in [0.717, 1.165) is 18.2 Å². The second-order valence-corrected chi connectivity index (χ2v) is 9.90. The molecular weight excluding hydrogens is 528 g/mol. The predicted octanol–water partition coefficient (Wildman–Crippen LogP) is 1.15. The van der Waals surface area contributed by atoms with Gasteiger partial charge in [-0.3, -0.25) is 0 Å². The monoisotopic (exact) mass is 562 g/mol. The van der Waals surface area contributed by atoms with Gasteiger partial charge in [-0.25, -0.2) is 4.79 Å². The Morgan fingerprint density at radius 2 is 1.25 bits per heavy atom. The number of aliphatic hydroxyl groups excluding tert-OH is 3. The second kappa shape index (κ2) is 11.8. The van der Waals surface area contributed by atoms with Crippen molar-refractivity contribution in [2.24, 2.45) is 11.8 Å². The summed E-state index contributed by atoms with van der Waals surface area (Å²) < 4.78 is 44.7. The molecule has 0 bridgehead atoms. The molecule has 3 fully saturated rings. The summed E-state index contributed by atoms with van der Waals surface area (Å²) in [6.45, 7) is 0.956. The van der Waals surface area contributed by atoms with Gasteiger partial charge in [0.15, 0.2) is 29.1 Å². The molecule has 3 unspecified atom stereocenters. The van der Waals surface area contributed by atoms with Crippen LogP contribution in [-0.2, 0) is 23.7 Å². The summed E-state index contributed by atoms with van der Waals surface area (Å²) in [7, 11) is 5.76. The molecule has 3 N–H and O–H groups in total. The van der Waals surface area contributed by atoms with E-state index in [9.17, 15) is 20.1 Å². The second-order valence-electron chi connectivity index (χ2n) is 9.90. The van der Waals surface area contributed by atoms with Crippen molar-refractivity contribution in [2.45, 2.75) is 42.9 Å². The fourth-order valence-corrected chi connectivity index (χ4v) is 5.61. The van der Waals surface area contributed by atoms with Crippen LogP contribution in [0, 0.1) is 11.8 Å². The van der Waals surface area contributed by atoms with Gasteiger partial charge >= 0.3 is 5.97 Å². The highest BCUT2D eigenvalue weighted by Gasteiger charge is 2.50. The molecule has 0 aliphatic carbocycles. The highest BCUT2D eigenvalue weighted by Crippen LogP contribution is 2.51. The van der Waals surface area contributed by atoms with Crippen molar-refractivity contribution in [1.29, 1.82) is 0 Å². The number of ether oxygens (including phenoxy) is 8. The van der Waals surface area contributed by atoms with E-state index in [1.54, 1.807) is 26.4 Å². The standard InChI is InChI=1S/C28H34O12/c1-33-17-7-5-13(9-19(17)35-3)24-15-11-38-25(16(15)12-37-24)14-6-8-18(34-2)20(10-14)39-28-23(31)21(29)22(30)26(40-28)27(32)36-4/h5-10,15-16,21-26,28-31H,11-12H2,1-4H3/t15?,16?,21-,22-,23+,24-,25+,26-,28?/m1/s1. The number of methoxy groups -OCH3 is 4. The molecular formula is C28H34O12. The predicted molar refractivity (Wildman–Crippen MR) is 136 cm³/mol. The van der Waals surface area contributed by atoms with Gasteiger partial charge in [-0.05, 0) is 35.4 Å². The van der Waals surface area contributed by atoms with Crippen LogP contribution in [0.3, 0.4) is 0 Å². The molecule has 12 heteroatoms. The van der Waals surface area contributed by atoms with Crippen LogP contribution in [0.1, 0.15) is 23.3 Å². The fraction of sp³-hybridized carbons (Fsp3) is 0.536. The van der Waals surface area contributed by atoms with Gasteiger partial charge in [0.2, 0.25) is 6.29 Å². The zero-order chi connectivity index (χ0) is 28.6. The first-order chi connectivity index (χ1) is 19.3. The van der Waals surface area contributed by atoms with Crippen molar-refractivity contribution in [2.75, 3.05) is 41.7 Å². The average molecular weight is 563 g/mol. The van der Waals surface area contributed by atoms with Gasteiger partial charge in [-0.2, -0.15) is 0 Å². The van der Waals surface area contributed by atoms with Crippen molar-refractivity contribution in [3.63, 3.8) is 0 Å². The third-order valence-electron chi connectivity index (χ3n) is 7.76. The fourth-order valence-electron chi connectivity index (χ4n) is 5.61. The van der Waals surface area contributed by atoms with E-state index in [0.29, 0.717) is 30.5 Å². The Bertz CT molecular complexity index is 1200. The van der Waals surface area contributed by atoms with Crippen LogP contribution < -0.4 is 18.9 Å². The van der Waals surface area contributed by atoms with E-state index in [1.807, 2.05) is 24.3 Å². The molecule has 0 spiro atoms. The quantitative estimate of drug-likeness (QED) is 0.396. The summed E-state index contributed by atoms with van der Waals surface area (Å²) in [6, 6.07) is 11.0. The Morgan fingerprint density at radius 3 is 1.77 bits per heavy atom. The first-order valence-corrected chi connectivity index (χ1v) is 12.9. The lowest BCUT2D eigenvalue weighted by molar-refractivity contribution is -0.272. The maximum Gasteiger partial charge on any atom is 0.337 e. The van der Waals surface area contributed by atoms with Crippen molar-refractivity contribution in [3.8, 4) is 23.0 Å². The van der Waals surface area contributed by atoms with Gasteiger partial charge in [-0.1, -0.05) is 12.1 Å². The lowest BCUT2D eigenvalue weighted by atomic mass is 9.85. The third kappa shape index (κ3) is 5.06. The SMILES string of the molecule is COC(=O)[C@@H]1OC(Oc2cc([C@@H]3OCC4C3CO[C@@H]4c3ccc(OC)c(OC)c3)ccc2OC)[C@@H](O)[C@H](O)[C@H]1O. The van der Waals surface area contributed by atoms with Crippen LogP contribution in [0.5, 0.6) is 23.0 Å². The molecule has 40 heavy (non-hydrogen) atoms. The van der Waals surface area contributed by atoms with Gasteiger partial charge in [0, 0.05) is 11.8 Å². The van der Waals surface area contributed by atoms with Gasteiger partial charge in [0.05, 0.1) is 53.9 Å². The smallest absolute Gasteiger partial charge is 0.337 e. The molecule has 0 aromatic heterocycles. The van der Waals surface area contributed by atoms with Crippen molar-refractivity contribution < 1.29 is 58.0 Å². The van der Waals surface area contributed by atoms with Crippen LogP contribution in [0.2, 0.25) is 0 Å². The van der Waals surface area contributed by atoms with Crippen molar-refractivity contribution in [1.82, 2.24) is 0 Å². The first kappa shape index (κ1) is 28.4. The third-order valence-corrected chi connectivity index (χ3v) is 7.76. The minimum atomic E-state index is -1.71. The highest BCUT2D eigenvalue weighted by atomic mass is 16.7. The van der Waals surface area contributed by atoms with Crippen LogP contribution in [0.4, 0.5) is 0 Å². The van der Waals surface area contributed by atoms with E-state index < -0.39 is 36.7 Å². The Kier molecular flexibility index (Phi) is 8.36. The van der Waals surface area contributed by atoms with E-state index in [1.165, 1.54) is 7.11 Å². The van der Waals surface area contributed by atoms with Crippen LogP contribution in [-0.4, -0.2) is 93.6 Å². The molecule has 3 saturated heterocycles. The van der Waals surface area contributed by atoms with Crippen LogP contribution in [0.25, 0.3) is 0 Å². The zero-order valence-electron chi connectivity index (χ0n) is 22.6. The molecule has 9 atom stereocenters. The Morgan fingerprint density at radius 1 is 0.725 bits per heavy atom. The Balaban J connectivity index is 1.36. The number of carbonyl (C=O) groups is 1. The minimum absolute atomic E-state index is 0.0523. The number of esters is 1. The summed E-state index contributed by atoms with van der Waals surface area (Å²) in [5.41, 5.74) is 1.76. The molecule has 3 heterocycles. The average Bonchev–Trinajstić information content (AvgIpc) is 3.59. The number of benzene rings is 2. The molecule has 0 saturated carbocycles. The molecule has 218 valence electrons. The van der Waals surface area contributed by atoms with E-state index in [4.69, 9.17) is 33.2 Å². The first-order valence-electron chi connectivity index (χ1n) is 12.9.